The van der Waals surface area contributed by atoms with Crippen LogP contribution in [0.1, 0.15) is 58.2 Å². The average molecular weight is 375 g/mol. The van der Waals surface area contributed by atoms with Crippen molar-refractivity contribution in [3.05, 3.63) is 29.3 Å². The smallest absolute Gasteiger partial charge is 0.410 e. The monoisotopic (exact) mass is 374 g/mol. The third-order valence-electron chi connectivity index (χ3n) is 4.51. The number of anilines is 1. The van der Waals surface area contributed by atoms with Gasteiger partial charge in [0.25, 0.3) is 0 Å². The number of carbonyl (C=O) groups excluding carboxylic acids is 1. The first kappa shape index (κ1) is 21.1. The molecule has 0 unspecified atom stereocenters. The Morgan fingerprint density at radius 2 is 1.93 bits per heavy atom. The second kappa shape index (κ2) is 8.68. The Hall–Kier alpha value is -2.17. The van der Waals surface area contributed by atoms with Gasteiger partial charge in [0.05, 0.1) is 5.69 Å². The molecule has 0 spiro atoms. The molecule has 1 aromatic rings. The van der Waals surface area contributed by atoms with E-state index in [1.54, 1.807) is 4.90 Å². The highest BCUT2D eigenvalue weighted by molar-refractivity contribution is 5.82. The molecule has 1 amide bonds. The molecule has 0 saturated heterocycles. The van der Waals surface area contributed by atoms with E-state index in [9.17, 15) is 4.79 Å². The number of fused-ring (bicyclic) bond motifs is 2. The number of rotatable bonds is 1. The van der Waals surface area contributed by atoms with Crippen molar-refractivity contribution in [2.75, 3.05) is 31.6 Å². The van der Waals surface area contributed by atoms with Gasteiger partial charge >= 0.3 is 6.09 Å². The van der Waals surface area contributed by atoms with E-state index >= 15 is 0 Å². The Labute approximate surface area is 163 Å². The number of carbonyl (C=O) groups is 1. The summed E-state index contributed by atoms with van der Waals surface area (Å²) >= 11 is 0. The molecule has 2 aliphatic heterocycles. The zero-order valence-corrected chi connectivity index (χ0v) is 17.7. The van der Waals surface area contributed by atoms with Gasteiger partial charge in [-0.05, 0) is 63.3 Å². The van der Waals surface area contributed by atoms with E-state index in [1.165, 1.54) is 11.1 Å². The summed E-state index contributed by atoms with van der Waals surface area (Å²) in [5.41, 5.74) is 5.26. The molecule has 5 nitrogen and oxygen atoms in total. The molecule has 2 aliphatic rings. The molecule has 0 aliphatic carbocycles. The van der Waals surface area contributed by atoms with Gasteiger partial charge in [0, 0.05) is 25.2 Å². The van der Waals surface area contributed by atoms with E-state index < -0.39 is 5.60 Å². The van der Waals surface area contributed by atoms with E-state index in [-0.39, 0.29) is 6.09 Å². The lowest BCUT2D eigenvalue weighted by Crippen LogP contribution is -2.38. The molecule has 27 heavy (non-hydrogen) atoms. The van der Waals surface area contributed by atoms with Crippen LogP contribution in [0, 0.1) is 0 Å². The highest BCUT2D eigenvalue weighted by atomic mass is 16.6. The van der Waals surface area contributed by atoms with Gasteiger partial charge in [0.15, 0.2) is 0 Å². The first-order valence-electron chi connectivity index (χ1n) is 9.95. The van der Waals surface area contributed by atoms with Crippen LogP contribution in [0.4, 0.5) is 10.5 Å². The van der Waals surface area contributed by atoms with Crippen molar-refractivity contribution < 1.29 is 14.3 Å². The quantitative estimate of drug-likeness (QED) is 0.761. The van der Waals surface area contributed by atoms with Crippen LogP contribution in [-0.2, 0) is 17.6 Å². The number of ether oxygens (including phenoxy) is 2. The number of hydrogen-bond acceptors (Lipinski definition) is 4. The fourth-order valence-electron chi connectivity index (χ4n) is 3.48. The third-order valence-corrected chi connectivity index (χ3v) is 4.51. The van der Waals surface area contributed by atoms with Gasteiger partial charge in [0.1, 0.15) is 18.0 Å². The highest BCUT2D eigenvalue weighted by Crippen LogP contribution is 2.40. The first-order valence-corrected chi connectivity index (χ1v) is 9.95. The first-order chi connectivity index (χ1) is 12.8. The molecule has 150 valence electrons. The van der Waals surface area contributed by atoms with Crippen molar-refractivity contribution in [2.24, 2.45) is 0 Å². The average Bonchev–Trinajstić information content (AvgIpc) is 2.82. The molecule has 1 N–H and O–H groups in total. The Morgan fingerprint density at radius 3 is 2.56 bits per heavy atom. The Morgan fingerprint density at radius 1 is 1.26 bits per heavy atom. The van der Waals surface area contributed by atoms with E-state index in [4.69, 9.17) is 9.47 Å². The van der Waals surface area contributed by atoms with Gasteiger partial charge in [-0.15, -0.1) is 0 Å². The fourth-order valence-corrected chi connectivity index (χ4v) is 3.48. The lowest BCUT2D eigenvalue weighted by molar-refractivity contribution is 0.0258. The Bertz CT molecular complexity index is 704. The molecule has 3 rings (SSSR count). The highest BCUT2D eigenvalue weighted by Gasteiger charge is 2.27. The van der Waals surface area contributed by atoms with E-state index in [0.29, 0.717) is 19.7 Å². The predicted octanol–water partition coefficient (Wildman–Crippen LogP) is 4.89. The van der Waals surface area contributed by atoms with Crippen LogP contribution in [0.2, 0.25) is 0 Å². The maximum Gasteiger partial charge on any atom is 0.410 e. The van der Waals surface area contributed by atoms with Crippen molar-refractivity contribution in [2.45, 2.75) is 60.0 Å². The van der Waals surface area contributed by atoms with E-state index in [0.717, 1.165) is 42.0 Å². The molecular weight excluding hydrogens is 340 g/mol. The fraction of sp³-hybridized carbons (Fsp3) is 0.591. The summed E-state index contributed by atoms with van der Waals surface area (Å²) in [6.07, 6.45) is 1.35. The zero-order chi connectivity index (χ0) is 20.2. The minimum atomic E-state index is -0.476. The molecule has 0 saturated carbocycles. The minimum Gasteiger partial charge on any atom is -0.490 e. The standard InChI is InChI=1S/C20H28N2O3.C2H6/c1-13(2)17-15-7-10-22(19(23)25-20(3,4)5)9-6-14(15)12-16-18(17)21-8-11-24-16;1-2/h12,21H,1,6-11H2,2-5H3;1-2H3. The van der Waals surface area contributed by atoms with Crippen LogP contribution in [0.3, 0.4) is 0 Å². The minimum absolute atomic E-state index is 0.240. The number of amides is 1. The van der Waals surface area contributed by atoms with Gasteiger partial charge < -0.3 is 19.7 Å². The lowest BCUT2D eigenvalue weighted by atomic mass is 9.91. The van der Waals surface area contributed by atoms with Crippen LogP contribution in [0.15, 0.2) is 12.6 Å². The van der Waals surface area contributed by atoms with Gasteiger partial charge in [-0.1, -0.05) is 20.4 Å². The SMILES string of the molecule is C=C(C)c1c2c(cc3c1NCCO3)CCN(C(=O)OC(C)(C)C)CC2.CC. The maximum atomic E-state index is 12.4. The van der Waals surface area contributed by atoms with Crippen LogP contribution in [0.5, 0.6) is 5.75 Å². The molecule has 0 fully saturated rings. The molecule has 0 bridgehead atoms. The van der Waals surface area contributed by atoms with Crippen molar-refractivity contribution in [1.82, 2.24) is 4.90 Å². The molecule has 0 atom stereocenters. The molecule has 0 radical (unpaired) electrons. The van der Waals surface area contributed by atoms with Crippen LogP contribution >= 0.6 is 0 Å². The molecular formula is C22H34N2O3. The summed E-state index contributed by atoms with van der Waals surface area (Å²) in [5.74, 6) is 0.897. The maximum absolute atomic E-state index is 12.4. The van der Waals surface area contributed by atoms with E-state index in [2.05, 4.69) is 18.0 Å². The Balaban J connectivity index is 0.00000126. The molecule has 1 aromatic carbocycles. The van der Waals surface area contributed by atoms with Crippen molar-refractivity contribution >= 4 is 17.4 Å². The zero-order valence-electron chi connectivity index (χ0n) is 17.7. The Kier molecular flexibility index (Phi) is 6.79. The second-order valence-corrected chi connectivity index (χ2v) is 7.79. The van der Waals surface area contributed by atoms with Crippen LogP contribution in [-0.4, -0.2) is 42.8 Å². The van der Waals surface area contributed by atoms with Crippen molar-refractivity contribution in [1.29, 1.82) is 0 Å². The molecule has 0 aromatic heterocycles. The summed E-state index contributed by atoms with van der Waals surface area (Å²) in [6, 6.07) is 2.13. The lowest BCUT2D eigenvalue weighted by Gasteiger charge is -2.26. The van der Waals surface area contributed by atoms with Crippen molar-refractivity contribution in [3.63, 3.8) is 0 Å². The van der Waals surface area contributed by atoms with Crippen LogP contribution in [0.25, 0.3) is 5.57 Å². The molecule has 5 heteroatoms. The topological polar surface area (TPSA) is 50.8 Å². The third kappa shape index (κ3) is 4.96. The summed E-state index contributed by atoms with van der Waals surface area (Å²) < 4.78 is 11.4. The van der Waals surface area contributed by atoms with Gasteiger partial charge in [-0.25, -0.2) is 4.79 Å². The summed E-state index contributed by atoms with van der Waals surface area (Å²) in [7, 11) is 0. The summed E-state index contributed by atoms with van der Waals surface area (Å²) in [5, 5.41) is 3.46. The summed E-state index contributed by atoms with van der Waals surface area (Å²) in [6.45, 7) is 18.7. The normalized spacial score (nSPS) is 15.7. The number of hydrogen-bond donors (Lipinski definition) is 1. The summed E-state index contributed by atoms with van der Waals surface area (Å²) in [4.78, 5) is 14.2. The number of allylic oxidation sites excluding steroid dienone is 1. The van der Waals surface area contributed by atoms with E-state index in [1.807, 2.05) is 41.5 Å². The number of nitrogens with zero attached hydrogens (tertiary/aromatic N) is 1. The predicted molar refractivity (Wildman–Crippen MR) is 112 cm³/mol. The van der Waals surface area contributed by atoms with Gasteiger partial charge in [-0.2, -0.15) is 0 Å². The second-order valence-electron chi connectivity index (χ2n) is 7.79. The van der Waals surface area contributed by atoms with Gasteiger partial charge in [0.2, 0.25) is 0 Å². The van der Waals surface area contributed by atoms with Crippen molar-refractivity contribution in [3.8, 4) is 5.75 Å². The number of benzene rings is 1. The number of nitrogens with one attached hydrogen (secondary N) is 1. The largest absolute Gasteiger partial charge is 0.490 e. The van der Waals surface area contributed by atoms with Crippen LogP contribution < -0.4 is 10.1 Å². The van der Waals surface area contributed by atoms with Gasteiger partial charge in [-0.3, -0.25) is 0 Å². The molecule has 2 heterocycles.